The lowest BCUT2D eigenvalue weighted by molar-refractivity contribution is -0.119. The molecule has 35 heavy (non-hydrogen) atoms. The van der Waals surface area contributed by atoms with E-state index >= 15 is 0 Å². The Kier molecular flexibility index (Phi) is 8.57. The van der Waals surface area contributed by atoms with Crippen LogP contribution in [-0.2, 0) is 9.53 Å². The number of ether oxygens (including phenoxy) is 4. The lowest BCUT2D eigenvalue weighted by Crippen LogP contribution is -2.22. The third kappa shape index (κ3) is 6.90. The number of halogens is 2. The van der Waals surface area contributed by atoms with Crippen LogP contribution in [0.25, 0.3) is 0 Å². The smallest absolute Gasteiger partial charge is 0.387 e. The molecule has 2 aromatic carbocycles. The number of methoxy groups -OCH3 is 2. The van der Waals surface area contributed by atoms with Gasteiger partial charge in [-0.05, 0) is 35.7 Å². The normalized spacial score (nSPS) is 10.4. The molecule has 3 rings (SSSR count). The first-order chi connectivity index (χ1) is 16.8. The monoisotopic (exact) mass is 506 g/mol. The van der Waals surface area contributed by atoms with Gasteiger partial charge in [0.25, 0.3) is 11.8 Å². The van der Waals surface area contributed by atoms with Gasteiger partial charge in [-0.3, -0.25) is 9.59 Å². The van der Waals surface area contributed by atoms with Gasteiger partial charge in [0.2, 0.25) is 0 Å². The number of alkyl halides is 2. The second-order valence-corrected chi connectivity index (χ2v) is 7.66. The number of hydrogen-bond acceptors (Lipinski definition) is 8. The number of esters is 1. The van der Waals surface area contributed by atoms with Crippen molar-refractivity contribution in [1.82, 2.24) is 0 Å². The standard InChI is InChI=1S/C23H20F2N2O7S/c1-31-17-10-15(16(11-18(17)32-2)27-21(29)19-4-3-9-35-19)22(30)33-12-20(28)26-13-5-7-14(8-6-13)34-23(24)25/h3-11,23H,12H2,1-2H3,(H,26,28)(H,27,29). The van der Waals surface area contributed by atoms with Crippen molar-refractivity contribution in [2.45, 2.75) is 6.61 Å². The zero-order valence-corrected chi connectivity index (χ0v) is 19.3. The minimum atomic E-state index is -2.97. The number of amides is 2. The maximum Gasteiger partial charge on any atom is 0.387 e. The minimum Gasteiger partial charge on any atom is -0.493 e. The van der Waals surface area contributed by atoms with Gasteiger partial charge in [0, 0.05) is 17.8 Å². The van der Waals surface area contributed by atoms with Crippen LogP contribution in [0.3, 0.4) is 0 Å². The van der Waals surface area contributed by atoms with Crippen molar-refractivity contribution < 1.29 is 42.1 Å². The quantitative estimate of drug-likeness (QED) is 0.392. The van der Waals surface area contributed by atoms with Crippen molar-refractivity contribution in [1.29, 1.82) is 0 Å². The fraction of sp³-hybridized carbons (Fsp3) is 0.174. The van der Waals surface area contributed by atoms with E-state index in [1.54, 1.807) is 17.5 Å². The molecule has 184 valence electrons. The van der Waals surface area contributed by atoms with E-state index in [4.69, 9.17) is 14.2 Å². The van der Waals surface area contributed by atoms with E-state index in [0.717, 1.165) is 0 Å². The molecule has 2 N–H and O–H groups in total. The topological polar surface area (TPSA) is 112 Å². The fourth-order valence-corrected chi connectivity index (χ4v) is 3.49. The van der Waals surface area contributed by atoms with Crippen molar-refractivity contribution >= 4 is 40.5 Å². The summed E-state index contributed by atoms with van der Waals surface area (Å²) < 4.78 is 44.3. The summed E-state index contributed by atoms with van der Waals surface area (Å²) in [6.07, 6.45) is 0. The number of nitrogens with one attached hydrogen (secondary N) is 2. The van der Waals surface area contributed by atoms with Crippen molar-refractivity contribution in [3.05, 3.63) is 64.4 Å². The average Bonchev–Trinajstić information content (AvgIpc) is 3.38. The Morgan fingerprint density at radius 3 is 2.26 bits per heavy atom. The van der Waals surface area contributed by atoms with Gasteiger partial charge in [-0.2, -0.15) is 8.78 Å². The fourth-order valence-electron chi connectivity index (χ4n) is 2.87. The van der Waals surface area contributed by atoms with E-state index in [9.17, 15) is 23.2 Å². The lowest BCUT2D eigenvalue weighted by atomic mass is 10.1. The molecule has 0 fully saturated rings. The predicted molar refractivity (Wildman–Crippen MR) is 124 cm³/mol. The van der Waals surface area contributed by atoms with E-state index in [0.29, 0.717) is 4.88 Å². The van der Waals surface area contributed by atoms with E-state index in [-0.39, 0.29) is 34.2 Å². The molecule has 12 heteroatoms. The van der Waals surface area contributed by atoms with Crippen molar-refractivity contribution in [3.63, 3.8) is 0 Å². The Hall–Kier alpha value is -4.19. The molecular weight excluding hydrogens is 486 g/mol. The number of benzene rings is 2. The Bertz CT molecular complexity index is 1190. The molecule has 3 aromatic rings. The molecule has 0 radical (unpaired) electrons. The van der Waals surface area contributed by atoms with Gasteiger partial charge in [-0.15, -0.1) is 11.3 Å². The van der Waals surface area contributed by atoms with Crippen LogP contribution in [0.15, 0.2) is 53.9 Å². The van der Waals surface area contributed by atoms with Crippen molar-refractivity contribution in [2.75, 3.05) is 31.5 Å². The van der Waals surface area contributed by atoms with Gasteiger partial charge in [0.1, 0.15) is 5.75 Å². The van der Waals surface area contributed by atoms with Crippen LogP contribution < -0.4 is 24.8 Å². The average molecular weight is 506 g/mol. The molecule has 0 aliphatic heterocycles. The van der Waals surface area contributed by atoms with Crippen LogP contribution in [0.2, 0.25) is 0 Å². The molecule has 0 spiro atoms. The van der Waals surface area contributed by atoms with Gasteiger partial charge in [-0.25, -0.2) is 4.79 Å². The largest absolute Gasteiger partial charge is 0.493 e. The summed E-state index contributed by atoms with van der Waals surface area (Å²) in [5.41, 5.74) is 0.317. The Morgan fingerprint density at radius 2 is 1.66 bits per heavy atom. The van der Waals surface area contributed by atoms with Crippen LogP contribution in [-0.4, -0.2) is 45.2 Å². The number of anilines is 2. The molecule has 0 aliphatic carbocycles. The zero-order valence-electron chi connectivity index (χ0n) is 18.5. The molecule has 2 amide bonds. The number of carbonyl (C=O) groups excluding carboxylic acids is 3. The molecule has 1 heterocycles. The van der Waals surface area contributed by atoms with E-state index in [1.807, 2.05) is 0 Å². The first kappa shape index (κ1) is 25.4. The molecule has 0 saturated heterocycles. The summed E-state index contributed by atoms with van der Waals surface area (Å²) in [5.74, 6) is -1.62. The number of carbonyl (C=O) groups is 3. The van der Waals surface area contributed by atoms with Gasteiger partial charge in [-0.1, -0.05) is 6.07 Å². The molecule has 0 bridgehead atoms. The van der Waals surface area contributed by atoms with Crippen LogP contribution in [0, 0.1) is 0 Å². The molecule has 9 nitrogen and oxygen atoms in total. The summed E-state index contributed by atoms with van der Waals surface area (Å²) in [6.45, 7) is -3.62. The van der Waals surface area contributed by atoms with Gasteiger partial charge >= 0.3 is 12.6 Å². The number of thiophene rings is 1. The summed E-state index contributed by atoms with van der Waals surface area (Å²) in [5, 5.41) is 6.83. The van der Waals surface area contributed by atoms with E-state index in [2.05, 4.69) is 15.4 Å². The maximum atomic E-state index is 12.8. The Labute approximate surface area is 202 Å². The lowest BCUT2D eigenvalue weighted by Gasteiger charge is -2.15. The van der Waals surface area contributed by atoms with Gasteiger partial charge < -0.3 is 29.6 Å². The van der Waals surface area contributed by atoms with Crippen LogP contribution in [0.5, 0.6) is 17.2 Å². The Morgan fingerprint density at radius 1 is 0.971 bits per heavy atom. The summed E-state index contributed by atoms with van der Waals surface area (Å²) in [4.78, 5) is 37.9. The molecule has 0 unspecified atom stereocenters. The third-order valence-electron chi connectivity index (χ3n) is 4.43. The zero-order chi connectivity index (χ0) is 25.4. The number of rotatable bonds is 10. The first-order valence-electron chi connectivity index (χ1n) is 9.93. The molecular formula is C23H20F2N2O7S. The molecule has 1 aromatic heterocycles. The second-order valence-electron chi connectivity index (χ2n) is 6.71. The molecule has 0 saturated carbocycles. The minimum absolute atomic E-state index is 0.0612. The van der Waals surface area contributed by atoms with Gasteiger partial charge in [0.05, 0.1) is 30.3 Å². The van der Waals surface area contributed by atoms with Crippen LogP contribution in [0.1, 0.15) is 20.0 Å². The number of hydrogen-bond donors (Lipinski definition) is 2. The predicted octanol–water partition coefficient (Wildman–Crippen LogP) is 4.41. The van der Waals surface area contributed by atoms with E-state index in [1.165, 1.54) is 62.0 Å². The first-order valence-corrected chi connectivity index (χ1v) is 10.8. The second kappa shape index (κ2) is 11.8. The van der Waals surface area contributed by atoms with Gasteiger partial charge in [0.15, 0.2) is 18.1 Å². The molecule has 0 atom stereocenters. The van der Waals surface area contributed by atoms with Crippen molar-refractivity contribution in [2.24, 2.45) is 0 Å². The van der Waals surface area contributed by atoms with Crippen LogP contribution >= 0.6 is 11.3 Å². The highest BCUT2D eigenvalue weighted by Gasteiger charge is 2.21. The highest BCUT2D eigenvalue weighted by molar-refractivity contribution is 7.12. The Balaban J connectivity index is 1.70. The highest BCUT2D eigenvalue weighted by atomic mass is 32.1. The van der Waals surface area contributed by atoms with Crippen molar-refractivity contribution in [3.8, 4) is 17.2 Å². The van der Waals surface area contributed by atoms with Crippen LogP contribution in [0.4, 0.5) is 20.2 Å². The highest BCUT2D eigenvalue weighted by Crippen LogP contribution is 2.34. The third-order valence-corrected chi connectivity index (χ3v) is 5.30. The summed E-state index contributed by atoms with van der Waals surface area (Å²) in [7, 11) is 2.78. The van der Waals surface area contributed by atoms with E-state index < -0.39 is 31.0 Å². The summed E-state index contributed by atoms with van der Waals surface area (Å²) >= 11 is 1.22. The summed E-state index contributed by atoms with van der Waals surface area (Å²) in [6, 6.07) is 11.3. The SMILES string of the molecule is COc1cc(NC(=O)c2cccs2)c(C(=O)OCC(=O)Nc2ccc(OC(F)F)cc2)cc1OC. The molecule has 0 aliphatic rings. The maximum absolute atomic E-state index is 12.8.